The maximum atomic E-state index is 13.1. The number of carbonyl (C=O) groups is 4. The van der Waals surface area contributed by atoms with Gasteiger partial charge >= 0.3 is 12.0 Å². The predicted octanol–water partition coefficient (Wildman–Crippen LogP) is 3.31. The molecule has 0 radical (unpaired) electrons. The summed E-state index contributed by atoms with van der Waals surface area (Å²) in [5.41, 5.74) is 2.54. The second-order valence-electron chi connectivity index (χ2n) is 7.46. The van der Waals surface area contributed by atoms with Crippen molar-refractivity contribution in [2.24, 2.45) is 0 Å². The van der Waals surface area contributed by atoms with Gasteiger partial charge in [-0.2, -0.15) is 0 Å². The molecular formula is C25H26N2O7. The van der Waals surface area contributed by atoms with Crippen LogP contribution in [0.15, 0.2) is 42.0 Å². The number of aryl methyl sites for hydroxylation is 2. The van der Waals surface area contributed by atoms with Crippen LogP contribution in [0.4, 0.5) is 10.5 Å². The van der Waals surface area contributed by atoms with Gasteiger partial charge in [-0.15, -0.1) is 0 Å². The summed E-state index contributed by atoms with van der Waals surface area (Å²) in [4.78, 5) is 50.6. The fourth-order valence-electron chi connectivity index (χ4n) is 3.26. The van der Waals surface area contributed by atoms with E-state index in [0.29, 0.717) is 29.4 Å². The monoisotopic (exact) mass is 466 g/mol. The number of nitrogens with zero attached hydrogens (tertiary/aromatic N) is 1. The van der Waals surface area contributed by atoms with Crippen molar-refractivity contribution in [2.45, 2.75) is 27.7 Å². The summed E-state index contributed by atoms with van der Waals surface area (Å²) in [7, 11) is 0. The molecule has 1 aliphatic heterocycles. The smallest absolute Gasteiger partial charge is 0.344 e. The van der Waals surface area contributed by atoms with Crippen LogP contribution in [0.5, 0.6) is 11.5 Å². The Hall–Kier alpha value is -4.14. The number of rotatable bonds is 8. The van der Waals surface area contributed by atoms with Gasteiger partial charge < -0.3 is 14.2 Å². The molecule has 1 aliphatic rings. The van der Waals surface area contributed by atoms with Gasteiger partial charge in [-0.1, -0.05) is 12.1 Å². The molecule has 0 atom stereocenters. The van der Waals surface area contributed by atoms with E-state index in [1.165, 1.54) is 6.08 Å². The molecule has 0 saturated carbocycles. The van der Waals surface area contributed by atoms with Crippen molar-refractivity contribution in [1.82, 2.24) is 5.32 Å². The minimum Gasteiger partial charge on any atom is -0.490 e. The lowest BCUT2D eigenvalue weighted by Gasteiger charge is -2.27. The number of hydrogen-bond acceptors (Lipinski definition) is 7. The minimum absolute atomic E-state index is 0.208. The fourth-order valence-corrected chi connectivity index (χ4v) is 3.26. The summed E-state index contributed by atoms with van der Waals surface area (Å²) in [6, 6.07) is 9.09. The van der Waals surface area contributed by atoms with Gasteiger partial charge in [0.05, 0.1) is 18.9 Å². The van der Waals surface area contributed by atoms with E-state index in [1.54, 1.807) is 50.2 Å². The number of esters is 1. The van der Waals surface area contributed by atoms with Gasteiger partial charge in [-0.25, -0.2) is 14.5 Å². The van der Waals surface area contributed by atoms with Gasteiger partial charge in [0.15, 0.2) is 18.1 Å². The number of barbiturate groups is 1. The number of benzene rings is 2. The Morgan fingerprint density at radius 1 is 0.941 bits per heavy atom. The molecule has 0 aliphatic carbocycles. The molecule has 1 fully saturated rings. The highest BCUT2D eigenvalue weighted by atomic mass is 16.6. The van der Waals surface area contributed by atoms with Crippen LogP contribution in [0.3, 0.4) is 0 Å². The third kappa shape index (κ3) is 5.43. The summed E-state index contributed by atoms with van der Waals surface area (Å²) in [6.45, 7) is 7.54. The molecule has 1 N–H and O–H groups in total. The van der Waals surface area contributed by atoms with Crippen LogP contribution >= 0.6 is 0 Å². The number of hydrogen-bond donors (Lipinski definition) is 1. The number of carbonyl (C=O) groups excluding carboxylic acids is 4. The van der Waals surface area contributed by atoms with Crippen LogP contribution in [0.25, 0.3) is 6.08 Å². The van der Waals surface area contributed by atoms with E-state index in [2.05, 4.69) is 5.32 Å². The standard InChI is InChI=1S/C25H26N2O7/c1-5-32-21-13-17(8-10-20(21)34-14-22(28)33-6-2)12-19-23(29)26-25(31)27(24(19)30)18-9-7-15(3)16(4)11-18/h7-13H,5-6,14H2,1-4H3,(H,26,29,31). The lowest BCUT2D eigenvalue weighted by atomic mass is 10.0. The highest BCUT2D eigenvalue weighted by Crippen LogP contribution is 2.30. The van der Waals surface area contributed by atoms with Crippen molar-refractivity contribution in [3.05, 3.63) is 58.7 Å². The maximum Gasteiger partial charge on any atom is 0.344 e. The number of anilines is 1. The molecule has 0 spiro atoms. The van der Waals surface area contributed by atoms with Gasteiger partial charge in [0.1, 0.15) is 5.57 Å². The summed E-state index contributed by atoms with van der Waals surface area (Å²) in [5.74, 6) is -1.42. The van der Waals surface area contributed by atoms with Crippen molar-refractivity contribution >= 4 is 35.6 Å². The van der Waals surface area contributed by atoms with Gasteiger partial charge in [0.25, 0.3) is 11.8 Å². The lowest BCUT2D eigenvalue weighted by molar-refractivity contribution is -0.145. The average Bonchev–Trinajstić information content (AvgIpc) is 2.78. The predicted molar refractivity (Wildman–Crippen MR) is 125 cm³/mol. The van der Waals surface area contributed by atoms with E-state index in [-0.39, 0.29) is 18.8 Å². The molecule has 3 rings (SSSR count). The van der Waals surface area contributed by atoms with Crippen LogP contribution < -0.4 is 19.7 Å². The van der Waals surface area contributed by atoms with Gasteiger partial charge in [0, 0.05) is 0 Å². The summed E-state index contributed by atoms with van der Waals surface area (Å²) >= 11 is 0. The van der Waals surface area contributed by atoms with E-state index in [9.17, 15) is 19.2 Å². The summed E-state index contributed by atoms with van der Waals surface area (Å²) in [5, 5.41) is 2.21. The number of urea groups is 1. The molecule has 2 aromatic rings. The quantitative estimate of drug-likeness (QED) is 0.361. The first kappa shape index (κ1) is 24.5. The highest BCUT2D eigenvalue weighted by molar-refractivity contribution is 6.39. The molecule has 9 heteroatoms. The topological polar surface area (TPSA) is 111 Å². The SMILES string of the molecule is CCOC(=O)COc1ccc(C=C2C(=O)NC(=O)N(c3ccc(C)c(C)c3)C2=O)cc1OCC. The molecule has 34 heavy (non-hydrogen) atoms. The molecule has 2 aromatic carbocycles. The average molecular weight is 466 g/mol. The molecule has 178 valence electrons. The van der Waals surface area contributed by atoms with Crippen molar-refractivity contribution in [1.29, 1.82) is 0 Å². The normalized spacial score (nSPS) is 14.8. The first-order chi connectivity index (χ1) is 16.2. The molecule has 0 aromatic heterocycles. The Balaban J connectivity index is 1.91. The van der Waals surface area contributed by atoms with E-state index in [4.69, 9.17) is 14.2 Å². The Morgan fingerprint density at radius 3 is 2.38 bits per heavy atom. The molecule has 1 saturated heterocycles. The Morgan fingerprint density at radius 2 is 1.71 bits per heavy atom. The first-order valence-electron chi connectivity index (χ1n) is 10.8. The van der Waals surface area contributed by atoms with E-state index in [1.807, 2.05) is 13.8 Å². The van der Waals surface area contributed by atoms with Crippen molar-refractivity contribution in [3.63, 3.8) is 0 Å². The minimum atomic E-state index is -0.812. The van der Waals surface area contributed by atoms with Crippen LogP contribution in [0.2, 0.25) is 0 Å². The van der Waals surface area contributed by atoms with Crippen LogP contribution in [-0.2, 0) is 19.1 Å². The number of ether oxygens (including phenoxy) is 3. The van der Waals surface area contributed by atoms with Crippen LogP contribution in [0.1, 0.15) is 30.5 Å². The van der Waals surface area contributed by atoms with E-state index < -0.39 is 23.8 Å². The zero-order valence-electron chi connectivity index (χ0n) is 19.5. The maximum absolute atomic E-state index is 13.1. The number of nitrogens with one attached hydrogen (secondary N) is 1. The summed E-state index contributed by atoms with van der Waals surface area (Å²) in [6.07, 6.45) is 1.37. The second-order valence-corrected chi connectivity index (χ2v) is 7.46. The van der Waals surface area contributed by atoms with Gasteiger partial charge in [-0.3, -0.25) is 14.9 Å². The van der Waals surface area contributed by atoms with Crippen molar-refractivity contribution < 1.29 is 33.4 Å². The molecule has 1 heterocycles. The molecule has 0 bridgehead atoms. The Kier molecular flexibility index (Phi) is 7.68. The van der Waals surface area contributed by atoms with Gasteiger partial charge in [0.2, 0.25) is 0 Å². The largest absolute Gasteiger partial charge is 0.490 e. The third-order valence-electron chi connectivity index (χ3n) is 5.08. The van der Waals surface area contributed by atoms with Crippen molar-refractivity contribution in [3.8, 4) is 11.5 Å². The summed E-state index contributed by atoms with van der Waals surface area (Å²) < 4.78 is 15.9. The van der Waals surface area contributed by atoms with Gasteiger partial charge in [-0.05, 0) is 74.7 Å². The third-order valence-corrected chi connectivity index (χ3v) is 5.08. The molecule has 0 unspecified atom stereocenters. The molecule has 9 nitrogen and oxygen atoms in total. The second kappa shape index (κ2) is 10.7. The molecular weight excluding hydrogens is 440 g/mol. The highest BCUT2D eigenvalue weighted by Gasteiger charge is 2.37. The Labute approximate surface area is 197 Å². The van der Waals surface area contributed by atoms with Crippen LogP contribution in [0, 0.1) is 13.8 Å². The number of amides is 4. The molecule has 4 amide bonds. The van der Waals surface area contributed by atoms with E-state index in [0.717, 1.165) is 16.0 Å². The zero-order chi connectivity index (χ0) is 24.8. The fraction of sp³-hybridized carbons (Fsp3) is 0.280. The zero-order valence-corrected chi connectivity index (χ0v) is 19.5. The Bertz CT molecular complexity index is 1170. The van der Waals surface area contributed by atoms with Crippen LogP contribution in [-0.4, -0.2) is 43.6 Å². The first-order valence-corrected chi connectivity index (χ1v) is 10.8. The van der Waals surface area contributed by atoms with Crippen molar-refractivity contribution in [2.75, 3.05) is 24.7 Å². The lowest BCUT2D eigenvalue weighted by Crippen LogP contribution is -2.54. The van der Waals surface area contributed by atoms with E-state index >= 15 is 0 Å². The number of imide groups is 2.